The van der Waals surface area contributed by atoms with Gasteiger partial charge in [0.05, 0.1) is 22.8 Å². The van der Waals surface area contributed by atoms with Crippen molar-refractivity contribution >= 4 is 11.0 Å². The number of benzene rings is 2. The minimum atomic E-state index is -4.34. The molecular weight excluding hydrogens is 289 g/mol. The summed E-state index contributed by atoms with van der Waals surface area (Å²) in [6.45, 7) is 0. The first kappa shape index (κ1) is 14.1. The van der Waals surface area contributed by atoms with E-state index in [1.54, 1.807) is 6.20 Å². The predicted octanol–water partition coefficient (Wildman–Crippen LogP) is 4.05. The molecule has 5 heteroatoms. The molecule has 0 N–H and O–H groups in total. The molecule has 108 valence electrons. The summed E-state index contributed by atoms with van der Waals surface area (Å²) in [5, 5.41) is 0. The van der Waals surface area contributed by atoms with Gasteiger partial charge in [-0.25, -0.2) is 4.98 Å². The molecule has 0 radical (unpaired) electrons. The minimum absolute atomic E-state index is 0.471. The molecule has 0 bridgehead atoms. The Kier molecular flexibility index (Phi) is 3.51. The highest BCUT2D eigenvalue weighted by atomic mass is 19.4. The summed E-state index contributed by atoms with van der Waals surface area (Å²) >= 11 is 0. The van der Waals surface area contributed by atoms with Gasteiger partial charge in [0.25, 0.3) is 0 Å². The van der Waals surface area contributed by atoms with E-state index in [1.807, 2.05) is 24.3 Å². The summed E-state index contributed by atoms with van der Waals surface area (Å²) in [7, 11) is 0. The normalized spacial score (nSPS) is 11.0. The zero-order valence-corrected chi connectivity index (χ0v) is 11.2. The molecular formula is C17H9F3N2. The van der Waals surface area contributed by atoms with Gasteiger partial charge in [-0.2, -0.15) is 13.2 Å². The lowest BCUT2D eigenvalue weighted by atomic mass is 10.1. The van der Waals surface area contributed by atoms with Crippen LogP contribution in [-0.2, 0) is 6.18 Å². The van der Waals surface area contributed by atoms with Gasteiger partial charge in [0.15, 0.2) is 0 Å². The lowest BCUT2D eigenvalue weighted by Crippen LogP contribution is -2.04. The molecule has 1 aromatic heterocycles. The molecule has 0 saturated heterocycles. The maximum Gasteiger partial charge on any atom is 0.416 e. The molecule has 0 saturated carbocycles. The van der Waals surface area contributed by atoms with Crippen LogP contribution in [0.4, 0.5) is 13.2 Å². The molecule has 22 heavy (non-hydrogen) atoms. The van der Waals surface area contributed by atoms with Crippen molar-refractivity contribution in [2.75, 3.05) is 0 Å². The maximum atomic E-state index is 12.5. The molecule has 0 atom stereocenters. The first-order valence-electron chi connectivity index (χ1n) is 6.43. The summed E-state index contributed by atoms with van der Waals surface area (Å²) in [4.78, 5) is 8.56. The summed E-state index contributed by atoms with van der Waals surface area (Å²) in [5.74, 6) is 5.59. The molecule has 2 nitrogen and oxygen atoms in total. The monoisotopic (exact) mass is 298 g/mol. The van der Waals surface area contributed by atoms with E-state index in [9.17, 15) is 13.2 Å². The molecule has 0 aliphatic heterocycles. The number of rotatable bonds is 0. The van der Waals surface area contributed by atoms with Crippen LogP contribution < -0.4 is 0 Å². The van der Waals surface area contributed by atoms with Gasteiger partial charge in [0.1, 0.15) is 5.69 Å². The SMILES string of the molecule is FC(F)(F)c1ccc(C#Cc2cnc3ccccc3n2)cc1. The largest absolute Gasteiger partial charge is 0.416 e. The highest BCUT2D eigenvalue weighted by Gasteiger charge is 2.29. The van der Waals surface area contributed by atoms with Gasteiger partial charge >= 0.3 is 6.18 Å². The standard InChI is InChI=1S/C17H9F3N2/c18-17(19,20)13-8-5-12(6-9-13)7-10-14-11-21-15-3-1-2-4-16(15)22-14/h1-6,8-9,11H. The predicted molar refractivity (Wildman–Crippen MR) is 77.0 cm³/mol. The number of hydrogen-bond donors (Lipinski definition) is 0. The van der Waals surface area contributed by atoms with E-state index < -0.39 is 11.7 Å². The molecule has 3 aromatic rings. The van der Waals surface area contributed by atoms with Gasteiger partial charge in [-0.1, -0.05) is 18.1 Å². The van der Waals surface area contributed by atoms with Crippen molar-refractivity contribution in [2.45, 2.75) is 6.18 Å². The quantitative estimate of drug-likeness (QED) is 0.585. The van der Waals surface area contributed by atoms with E-state index in [0.717, 1.165) is 23.2 Å². The molecule has 0 unspecified atom stereocenters. The van der Waals surface area contributed by atoms with Gasteiger partial charge in [-0.15, -0.1) is 0 Å². The highest BCUT2D eigenvalue weighted by Crippen LogP contribution is 2.28. The fourth-order valence-electron chi connectivity index (χ4n) is 1.90. The van der Waals surface area contributed by atoms with Crippen LogP contribution >= 0.6 is 0 Å². The Balaban J connectivity index is 1.87. The van der Waals surface area contributed by atoms with Crippen molar-refractivity contribution in [3.8, 4) is 11.8 Å². The maximum absolute atomic E-state index is 12.5. The Morgan fingerprint density at radius 1 is 0.818 bits per heavy atom. The second-order valence-electron chi connectivity index (χ2n) is 4.57. The van der Waals surface area contributed by atoms with Crippen molar-refractivity contribution in [3.05, 3.63) is 71.5 Å². The summed E-state index contributed by atoms with van der Waals surface area (Å²) in [6.07, 6.45) is -2.80. The van der Waals surface area contributed by atoms with Crippen LogP contribution in [0.3, 0.4) is 0 Å². The number of nitrogens with zero attached hydrogens (tertiary/aromatic N) is 2. The molecule has 0 aliphatic rings. The summed E-state index contributed by atoms with van der Waals surface area (Å²) in [5.41, 5.74) is 1.76. The van der Waals surface area contributed by atoms with E-state index in [2.05, 4.69) is 21.8 Å². The second kappa shape index (κ2) is 5.49. The number of para-hydroxylation sites is 2. The fraction of sp³-hybridized carbons (Fsp3) is 0.0588. The lowest BCUT2D eigenvalue weighted by Gasteiger charge is -2.05. The van der Waals surface area contributed by atoms with Gasteiger partial charge in [0.2, 0.25) is 0 Å². The number of hydrogen-bond acceptors (Lipinski definition) is 2. The molecule has 0 fully saturated rings. The zero-order chi connectivity index (χ0) is 15.6. The van der Waals surface area contributed by atoms with Crippen molar-refractivity contribution in [3.63, 3.8) is 0 Å². The van der Waals surface area contributed by atoms with Crippen molar-refractivity contribution in [2.24, 2.45) is 0 Å². The van der Waals surface area contributed by atoms with Crippen LogP contribution in [0.5, 0.6) is 0 Å². The van der Waals surface area contributed by atoms with Crippen LogP contribution in [0.15, 0.2) is 54.7 Å². The first-order chi connectivity index (χ1) is 10.5. The highest BCUT2D eigenvalue weighted by molar-refractivity contribution is 5.74. The fourth-order valence-corrected chi connectivity index (χ4v) is 1.90. The van der Waals surface area contributed by atoms with E-state index in [4.69, 9.17) is 0 Å². The van der Waals surface area contributed by atoms with Crippen LogP contribution in [0.1, 0.15) is 16.8 Å². The van der Waals surface area contributed by atoms with Gasteiger partial charge in [-0.3, -0.25) is 4.98 Å². The molecule has 3 rings (SSSR count). The van der Waals surface area contributed by atoms with Crippen LogP contribution in [0, 0.1) is 11.8 Å². The van der Waals surface area contributed by atoms with Crippen molar-refractivity contribution in [1.29, 1.82) is 0 Å². The number of aromatic nitrogens is 2. The minimum Gasteiger partial charge on any atom is -0.252 e. The number of fused-ring (bicyclic) bond motifs is 1. The average Bonchev–Trinajstić information content (AvgIpc) is 2.52. The van der Waals surface area contributed by atoms with Gasteiger partial charge < -0.3 is 0 Å². The average molecular weight is 298 g/mol. The Hall–Kier alpha value is -2.87. The Morgan fingerprint density at radius 2 is 1.50 bits per heavy atom. The Labute approximate surface area is 124 Å². The lowest BCUT2D eigenvalue weighted by molar-refractivity contribution is -0.137. The van der Waals surface area contributed by atoms with Crippen molar-refractivity contribution in [1.82, 2.24) is 9.97 Å². The Bertz CT molecular complexity index is 872. The van der Waals surface area contributed by atoms with E-state index in [0.29, 0.717) is 11.3 Å². The zero-order valence-electron chi connectivity index (χ0n) is 11.2. The van der Waals surface area contributed by atoms with E-state index in [1.165, 1.54) is 12.1 Å². The molecule has 0 amide bonds. The third-order valence-electron chi connectivity index (χ3n) is 3.00. The van der Waals surface area contributed by atoms with Crippen LogP contribution in [-0.4, -0.2) is 9.97 Å². The topological polar surface area (TPSA) is 25.8 Å². The van der Waals surface area contributed by atoms with Crippen molar-refractivity contribution < 1.29 is 13.2 Å². The van der Waals surface area contributed by atoms with Gasteiger partial charge in [-0.05, 0) is 42.3 Å². The molecule has 2 aromatic carbocycles. The first-order valence-corrected chi connectivity index (χ1v) is 6.43. The molecule has 0 spiro atoms. The summed E-state index contributed by atoms with van der Waals surface area (Å²) in [6, 6.07) is 12.1. The molecule has 0 aliphatic carbocycles. The molecule has 1 heterocycles. The number of halogens is 3. The van der Waals surface area contributed by atoms with Crippen LogP contribution in [0.25, 0.3) is 11.0 Å². The van der Waals surface area contributed by atoms with Gasteiger partial charge in [0, 0.05) is 5.56 Å². The smallest absolute Gasteiger partial charge is 0.252 e. The van der Waals surface area contributed by atoms with Crippen LogP contribution in [0.2, 0.25) is 0 Å². The third-order valence-corrected chi connectivity index (χ3v) is 3.00. The number of alkyl halides is 3. The Morgan fingerprint density at radius 3 is 2.18 bits per heavy atom. The third kappa shape index (κ3) is 3.07. The van der Waals surface area contributed by atoms with E-state index >= 15 is 0 Å². The van der Waals surface area contributed by atoms with E-state index in [-0.39, 0.29) is 0 Å². The second-order valence-corrected chi connectivity index (χ2v) is 4.57. The summed E-state index contributed by atoms with van der Waals surface area (Å²) < 4.78 is 37.4.